The summed E-state index contributed by atoms with van der Waals surface area (Å²) in [6, 6.07) is 23.1. The van der Waals surface area contributed by atoms with Gasteiger partial charge in [0.1, 0.15) is 6.54 Å². The minimum Gasteiger partial charge on any atom is -0.354 e. The number of benzene rings is 3. The Bertz CT molecular complexity index is 1150. The lowest BCUT2D eigenvalue weighted by Gasteiger charge is -2.24. The molecular formula is C25H27ClN2O3S2. The van der Waals surface area contributed by atoms with Crippen molar-refractivity contribution in [2.75, 3.05) is 23.1 Å². The zero-order chi connectivity index (χ0) is 23.7. The average Bonchev–Trinajstić information content (AvgIpc) is 2.83. The van der Waals surface area contributed by atoms with Crippen LogP contribution in [-0.2, 0) is 27.0 Å². The molecule has 3 aromatic rings. The molecule has 5 nitrogen and oxygen atoms in total. The van der Waals surface area contributed by atoms with E-state index in [-0.39, 0.29) is 17.3 Å². The number of anilines is 1. The fourth-order valence-corrected chi connectivity index (χ4v) is 5.66. The highest BCUT2D eigenvalue weighted by Gasteiger charge is 2.26. The van der Waals surface area contributed by atoms with Crippen molar-refractivity contribution in [3.63, 3.8) is 0 Å². The first kappa shape index (κ1) is 25.1. The normalized spacial score (nSPS) is 11.2. The predicted octanol–water partition coefficient (Wildman–Crippen LogP) is 5.15. The van der Waals surface area contributed by atoms with Gasteiger partial charge in [-0.1, -0.05) is 61.0 Å². The minimum absolute atomic E-state index is 0.148. The van der Waals surface area contributed by atoms with Gasteiger partial charge < -0.3 is 5.32 Å². The molecule has 0 radical (unpaired) electrons. The molecule has 0 aliphatic rings. The van der Waals surface area contributed by atoms with Crippen LogP contribution in [0.4, 0.5) is 5.69 Å². The van der Waals surface area contributed by atoms with Crippen LogP contribution in [0.25, 0.3) is 0 Å². The van der Waals surface area contributed by atoms with E-state index in [1.54, 1.807) is 42.1 Å². The fourth-order valence-electron chi connectivity index (χ4n) is 3.20. The van der Waals surface area contributed by atoms with Crippen molar-refractivity contribution in [2.45, 2.75) is 24.0 Å². The summed E-state index contributed by atoms with van der Waals surface area (Å²) in [4.78, 5) is 12.8. The zero-order valence-corrected chi connectivity index (χ0v) is 20.8. The Hall–Kier alpha value is -2.48. The number of hydrogen-bond donors (Lipinski definition) is 1. The first-order valence-electron chi connectivity index (χ1n) is 10.7. The van der Waals surface area contributed by atoms with Crippen molar-refractivity contribution in [1.82, 2.24) is 5.32 Å². The van der Waals surface area contributed by atoms with E-state index in [4.69, 9.17) is 11.6 Å². The summed E-state index contributed by atoms with van der Waals surface area (Å²) in [5.74, 6) is 1.14. The molecule has 0 atom stereocenters. The van der Waals surface area contributed by atoms with E-state index in [1.807, 2.05) is 43.3 Å². The molecule has 3 aromatic carbocycles. The van der Waals surface area contributed by atoms with Crippen LogP contribution in [0, 0.1) is 0 Å². The molecule has 33 heavy (non-hydrogen) atoms. The van der Waals surface area contributed by atoms with Crippen LogP contribution < -0.4 is 9.62 Å². The molecule has 0 aliphatic heterocycles. The van der Waals surface area contributed by atoms with Gasteiger partial charge in [-0.2, -0.15) is 11.8 Å². The fraction of sp³-hybridized carbons (Fsp3) is 0.240. The lowest BCUT2D eigenvalue weighted by Crippen LogP contribution is -2.41. The van der Waals surface area contributed by atoms with Crippen LogP contribution in [0.5, 0.6) is 0 Å². The van der Waals surface area contributed by atoms with Gasteiger partial charge in [-0.3, -0.25) is 9.10 Å². The number of hydrogen-bond acceptors (Lipinski definition) is 4. The molecule has 1 amide bonds. The first-order chi connectivity index (χ1) is 15.9. The van der Waals surface area contributed by atoms with E-state index in [0.29, 0.717) is 23.0 Å². The molecule has 8 heteroatoms. The van der Waals surface area contributed by atoms with Gasteiger partial charge in [-0.05, 0) is 53.9 Å². The Morgan fingerprint density at radius 3 is 2.36 bits per heavy atom. The Morgan fingerprint density at radius 1 is 0.970 bits per heavy atom. The van der Waals surface area contributed by atoms with E-state index in [2.05, 4.69) is 5.32 Å². The van der Waals surface area contributed by atoms with Crippen molar-refractivity contribution < 1.29 is 13.2 Å². The van der Waals surface area contributed by atoms with E-state index in [9.17, 15) is 13.2 Å². The molecule has 0 unspecified atom stereocenters. The predicted molar refractivity (Wildman–Crippen MR) is 137 cm³/mol. The standard InChI is InChI=1S/C25H27ClN2O3S2/c1-2-20-11-13-23(14-12-20)28(33(30,31)24-9-4-3-5-10-24)18-25(29)27-15-16-32-19-21-7-6-8-22(26)17-21/h3-14,17H,2,15-16,18-19H2,1H3,(H,27,29). The van der Waals surface area contributed by atoms with Crippen molar-refractivity contribution in [3.05, 3.63) is 95.0 Å². The molecule has 1 N–H and O–H groups in total. The summed E-state index contributed by atoms with van der Waals surface area (Å²) in [6.07, 6.45) is 0.846. The number of rotatable bonds is 11. The van der Waals surface area contributed by atoms with Crippen LogP contribution in [0.3, 0.4) is 0 Å². The Kier molecular flexibility index (Phi) is 9.23. The van der Waals surface area contributed by atoms with Gasteiger partial charge in [0, 0.05) is 23.1 Å². The van der Waals surface area contributed by atoms with Crippen molar-refractivity contribution >= 4 is 45.0 Å². The summed E-state index contributed by atoms with van der Waals surface area (Å²) in [5.41, 5.74) is 2.67. The largest absolute Gasteiger partial charge is 0.354 e. The number of carbonyl (C=O) groups excluding carboxylic acids is 1. The van der Waals surface area contributed by atoms with Crippen molar-refractivity contribution in [2.24, 2.45) is 0 Å². The second-order valence-corrected chi connectivity index (χ2v) is 10.8. The number of nitrogens with zero attached hydrogens (tertiary/aromatic N) is 1. The van der Waals surface area contributed by atoms with Crippen LogP contribution in [0.2, 0.25) is 5.02 Å². The maximum Gasteiger partial charge on any atom is 0.264 e. The van der Waals surface area contributed by atoms with Gasteiger partial charge in [0.25, 0.3) is 10.0 Å². The van der Waals surface area contributed by atoms with E-state index < -0.39 is 10.0 Å². The van der Waals surface area contributed by atoms with Gasteiger partial charge in [-0.25, -0.2) is 8.42 Å². The topological polar surface area (TPSA) is 66.5 Å². The lowest BCUT2D eigenvalue weighted by molar-refractivity contribution is -0.119. The monoisotopic (exact) mass is 502 g/mol. The average molecular weight is 503 g/mol. The van der Waals surface area contributed by atoms with Gasteiger partial charge in [0.2, 0.25) is 5.91 Å². The van der Waals surface area contributed by atoms with Gasteiger partial charge in [-0.15, -0.1) is 0 Å². The molecule has 0 bridgehead atoms. The van der Waals surface area contributed by atoms with Crippen LogP contribution in [-0.4, -0.2) is 33.2 Å². The zero-order valence-electron chi connectivity index (χ0n) is 18.4. The molecule has 0 aromatic heterocycles. The SMILES string of the molecule is CCc1ccc(N(CC(=O)NCCSCc2cccc(Cl)c2)S(=O)(=O)c2ccccc2)cc1. The maximum atomic E-state index is 13.3. The number of halogens is 1. The van der Waals surface area contributed by atoms with E-state index in [1.165, 1.54) is 12.1 Å². The molecule has 0 saturated carbocycles. The molecule has 174 valence electrons. The number of amides is 1. The summed E-state index contributed by atoms with van der Waals surface area (Å²) < 4.78 is 27.8. The third-order valence-electron chi connectivity index (χ3n) is 4.98. The maximum absolute atomic E-state index is 13.3. The van der Waals surface area contributed by atoms with Gasteiger partial charge >= 0.3 is 0 Å². The smallest absolute Gasteiger partial charge is 0.264 e. The molecule has 0 heterocycles. The molecule has 0 fully saturated rings. The van der Waals surface area contributed by atoms with E-state index in [0.717, 1.165) is 27.6 Å². The lowest BCUT2D eigenvalue weighted by atomic mass is 10.1. The number of aryl methyl sites for hydroxylation is 1. The minimum atomic E-state index is -3.89. The second kappa shape index (κ2) is 12.1. The van der Waals surface area contributed by atoms with Crippen molar-refractivity contribution in [1.29, 1.82) is 0 Å². The number of nitrogens with one attached hydrogen (secondary N) is 1. The summed E-state index contributed by atoms with van der Waals surface area (Å²) in [6.45, 7) is 2.19. The summed E-state index contributed by atoms with van der Waals surface area (Å²) in [5, 5.41) is 3.54. The Labute approximate surface area is 205 Å². The highest BCUT2D eigenvalue weighted by molar-refractivity contribution is 7.98. The summed E-state index contributed by atoms with van der Waals surface area (Å²) >= 11 is 7.68. The first-order valence-corrected chi connectivity index (χ1v) is 13.6. The Morgan fingerprint density at radius 2 is 1.70 bits per heavy atom. The van der Waals surface area contributed by atoms with Crippen LogP contribution in [0.15, 0.2) is 83.8 Å². The number of thioether (sulfide) groups is 1. The highest BCUT2D eigenvalue weighted by atomic mass is 35.5. The van der Waals surface area contributed by atoms with Gasteiger partial charge in [0.05, 0.1) is 10.6 Å². The molecule has 0 saturated heterocycles. The number of carbonyl (C=O) groups is 1. The quantitative estimate of drug-likeness (QED) is 0.368. The third kappa shape index (κ3) is 7.25. The second-order valence-electron chi connectivity index (χ2n) is 7.38. The molecule has 3 rings (SSSR count). The number of sulfonamides is 1. The highest BCUT2D eigenvalue weighted by Crippen LogP contribution is 2.24. The van der Waals surface area contributed by atoms with Crippen LogP contribution >= 0.6 is 23.4 Å². The van der Waals surface area contributed by atoms with Gasteiger partial charge in [0.15, 0.2) is 0 Å². The molecular weight excluding hydrogens is 476 g/mol. The van der Waals surface area contributed by atoms with Crippen molar-refractivity contribution in [3.8, 4) is 0 Å². The molecule has 0 aliphatic carbocycles. The molecule has 0 spiro atoms. The van der Waals surface area contributed by atoms with E-state index >= 15 is 0 Å². The Balaban J connectivity index is 1.63. The summed E-state index contributed by atoms with van der Waals surface area (Å²) in [7, 11) is -3.89. The third-order valence-corrected chi connectivity index (χ3v) is 8.03. The van der Waals surface area contributed by atoms with Crippen LogP contribution in [0.1, 0.15) is 18.1 Å².